The highest BCUT2D eigenvalue weighted by molar-refractivity contribution is 7.89. The van der Waals surface area contributed by atoms with Gasteiger partial charge >= 0.3 is 5.97 Å². The maximum Gasteiger partial charge on any atom is 0.338 e. The fourth-order valence-corrected chi connectivity index (χ4v) is 4.43. The summed E-state index contributed by atoms with van der Waals surface area (Å²) in [6, 6.07) is 22.4. The van der Waals surface area contributed by atoms with Gasteiger partial charge in [-0.05, 0) is 48.7 Å². The molecular formula is C24H22N2O5S. The number of carbonyl (C=O) groups excluding carboxylic acids is 2. The topological polar surface area (TPSA) is 102 Å². The highest BCUT2D eigenvalue weighted by Crippen LogP contribution is 2.27. The lowest BCUT2D eigenvalue weighted by molar-refractivity contribution is -0.119. The van der Waals surface area contributed by atoms with E-state index < -0.39 is 28.5 Å². The Morgan fingerprint density at radius 2 is 1.53 bits per heavy atom. The van der Waals surface area contributed by atoms with Crippen LogP contribution in [0, 0.1) is 0 Å². The fourth-order valence-electron chi connectivity index (χ4n) is 3.12. The molecule has 1 fully saturated rings. The molecule has 1 amide bonds. The summed E-state index contributed by atoms with van der Waals surface area (Å²) in [4.78, 5) is 24.7. The third kappa shape index (κ3) is 5.40. The summed E-state index contributed by atoms with van der Waals surface area (Å²) < 4.78 is 32.1. The van der Waals surface area contributed by atoms with E-state index >= 15 is 0 Å². The molecule has 0 radical (unpaired) electrons. The van der Waals surface area contributed by atoms with Crippen LogP contribution in [0.15, 0.2) is 83.8 Å². The summed E-state index contributed by atoms with van der Waals surface area (Å²) >= 11 is 0. The molecule has 7 nitrogen and oxygen atoms in total. The monoisotopic (exact) mass is 450 g/mol. The van der Waals surface area contributed by atoms with Gasteiger partial charge in [0.2, 0.25) is 10.0 Å². The molecule has 8 heteroatoms. The van der Waals surface area contributed by atoms with Crippen molar-refractivity contribution in [3.8, 4) is 11.1 Å². The van der Waals surface area contributed by atoms with Gasteiger partial charge in [-0.25, -0.2) is 17.9 Å². The molecule has 4 rings (SSSR count). The van der Waals surface area contributed by atoms with Crippen LogP contribution in [-0.2, 0) is 19.6 Å². The average Bonchev–Trinajstić information content (AvgIpc) is 3.62. The molecule has 0 bridgehead atoms. The van der Waals surface area contributed by atoms with Crippen LogP contribution in [0.25, 0.3) is 11.1 Å². The van der Waals surface area contributed by atoms with Crippen molar-refractivity contribution in [3.05, 3.63) is 84.4 Å². The molecule has 32 heavy (non-hydrogen) atoms. The second-order valence-corrected chi connectivity index (χ2v) is 9.17. The van der Waals surface area contributed by atoms with Gasteiger partial charge in [0.15, 0.2) is 6.61 Å². The first-order valence-electron chi connectivity index (χ1n) is 10.2. The molecule has 2 N–H and O–H groups in total. The van der Waals surface area contributed by atoms with Gasteiger partial charge in [-0.3, -0.25) is 4.79 Å². The Balaban J connectivity index is 1.35. The summed E-state index contributed by atoms with van der Waals surface area (Å²) in [6.07, 6.45) is 1.67. The highest BCUT2D eigenvalue weighted by Gasteiger charge is 2.28. The molecule has 1 saturated carbocycles. The van der Waals surface area contributed by atoms with Crippen LogP contribution in [-0.4, -0.2) is 32.9 Å². The van der Waals surface area contributed by atoms with E-state index in [1.807, 2.05) is 48.5 Å². The van der Waals surface area contributed by atoms with E-state index in [9.17, 15) is 18.0 Å². The predicted octanol–water partition coefficient (Wildman–Crippen LogP) is 3.59. The third-order valence-corrected chi connectivity index (χ3v) is 6.46. The Morgan fingerprint density at radius 1 is 0.875 bits per heavy atom. The van der Waals surface area contributed by atoms with Crippen molar-refractivity contribution in [1.82, 2.24) is 4.72 Å². The van der Waals surface area contributed by atoms with E-state index in [2.05, 4.69) is 10.0 Å². The third-order valence-electron chi connectivity index (χ3n) is 4.92. The Morgan fingerprint density at radius 3 is 2.22 bits per heavy atom. The Labute approximate surface area is 186 Å². The number of carbonyl (C=O) groups is 2. The SMILES string of the molecule is O=C(COC(=O)c1ccc(S(=O)(=O)NC2CC2)cc1)Nc1ccccc1-c1ccccc1. The molecule has 1 aliphatic rings. The Hall–Kier alpha value is -3.49. The van der Waals surface area contributed by atoms with Crippen molar-refractivity contribution >= 4 is 27.6 Å². The van der Waals surface area contributed by atoms with Crippen molar-refractivity contribution in [1.29, 1.82) is 0 Å². The molecule has 0 aromatic heterocycles. The number of anilines is 1. The molecule has 3 aromatic carbocycles. The number of esters is 1. The fraction of sp³-hybridized carbons (Fsp3) is 0.167. The quantitative estimate of drug-likeness (QED) is 0.511. The van der Waals surface area contributed by atoms with E-state index in [1.165, 1.54) is 24.3 Å². The van der Waals surface area contributed by atoms with Crippen LogP contribution in [0.5, 0.6) is 0 Å². The van der Waals surface area contributed by atoms with E-state index in [0.717, 1.165) is 24.0 Å². The molecule has 0 spiro atoms. The lowest BCUT2D eigenvalue weighted by atomic mass is 10.0. The van der Waals surface area contributed by atoms with Gasteiger partial charge in [0.05, 0.1) is 10.5 Å². The maximum absolute atomic E-state index is 12.4. The summed E-state index contributed by atoms with van der Waals surface area (Å²) in [5, 5.41) is 2.77. The average molecular weight is 451 g/mol. The van der Waals surface area contributed by atoms with Crippen LogP contribution < -0.4 is 10.0 Å². The van der Waals surface area contributed by atoms with E-state index in [-0.39, 0.29) is 16.5 Å². The molecule has 0 saturated heterocycles. The van der Waals surface area contributed by atoms with E-state index in [1.54, 1.807) is 6.07 Å². The molecule has 164 valence electrons. The first-order valence-corrected chi connectivity index (χ1v) is 11.6. The normalized spacial score (nSPS) is 13.4. The number of benzene rings is 3. The van der Waals surface area contributed by atoms with E-state index in [4.69, 9.17) is 4.74 Å². The standard InChI is InChI=1S/C24H22N2O5S/c27-23(25-22-9-5-4-8-21(22)17-6-2-1-3-7-17)16-31-24(28)18-10-14-20(15-11-18)32(29,30)26-19-12-13-19/h1-11,14-15,19,26H,12-13,16H2,(H,25,27). The minimum Gasteiger partial charge on any atom is -0.452 e. The molecule has 0 unspecified atom stereocenters. The number of para-hydroxylation sites is 1. The van der Waals surface area contributed by atoms with Crippen molar-refractivity contribution in [2.75, 3.05) is 11.9 Å². The van der Waals surface area contributed by atoms with Gasteiger partial charge in [0.25, 0.3) is 5.91 Å². The lowest BCUT2D eigenvalue weighted by Gasteiger charge is -2.12. The zero-order valence-electron chi connectivity index (χ0n) is 17.2. The smallest absolute Gasteiger partial charge is 0.338 e. The molecule has 1 aliphatic carbocycles. The summed E-state index contributed by atoms with van der Waals surface area (Å²) in [7, 11) is -3.59. The second-order valence-electron chi connectivity index (χ2n) is 7.46. The number of rotatable bonds is 8. The molecule has 0 atom stereocenters. The summed E-state index contributed by atoms with van der Waals surface area (Å²) in [5.74, 6) is -1.19. The van der Waals surface area contributed by atoms with Gasteiger partial charge in [0.1, 0.15) is 0 Å². The number of amides is 1. The van der Waals surface area contributed by atoms with Crippen molar-refractivity contribution in [2.45, 2.75) is 23.8 Å². The van der Waals surface area contributed by atoms with Gasteiger partial charge in [0, 0.05) is 17.3 Å². The lowest BCUT2D eigenvalue weighted by Crippen LogP contribution is -2.25. The largest absolute Gasteiger partial charge is 0.452 e. The summed E-state index contributed by atoms with van der Waals surface area (Å²) in [6.45, 7) is -0.467. The maximum atomic E-state index is 12.4. The first-order chi connectivity index (χ1) is 15.4. The van der Waals surface area contributed by atoms with E-state index in [0.29, 0.717) is 5.69 Å². The summed E-state index contributed by atoms with van der Waals surface area (Å²) in [5.41, 5.74) is 2.57. The number of hydrogen-bond acceptors (Lipinski definition) is 5. The van der Waals surface area contributed by atoms with Crippen LogP contribution in [0.4, 0.5) is 5.69 Å². The number of ether oxygens (including phenoxy) is 1. The zero-order chi connectivity index (χ0) is 22.6. The predicted molar refractivity (Wildman–Crippen MR) is 121 cm³/mol. The van der Waals surface area contributed by atoms with Crippen LogP contribution in [0.2, 0.25) is 0 Å². The molecular weight excluding hydrogens is 428 g/mol. The van der Waals surface area contributed by atoms with Crippen LogP contribution in [0.3, 0.4) is 0 Å². The zero-order valence-corrected chi connectivity index (χ0v) is 18.0. The minimum absolute atomic E-state index is 0.00447. The van der Waals surface area contributed by atoms with Crippen molar-refractivity contribution in [2.24, 2.45) is 0 Å². The number of sulfonamides is 1. The van der Waals surface area contributed by atoms with Crippen LogP contribution in [0.1, 0.15) is 23.2 Å². The Kier molecular flexibility index (Phi) is 6.34. The molecule has 0 heterocycles. The number of hydrogen-bond donors (Lipinski definition) is 2. The van der Waals surface area contributed by atoms with Gasteiger partial charge in [-0.2, -0.15) is 0 Å². The number of nitrogens with one attached hydrogen (secondary N) is 2. The Bertz CT molecular complexity index is 1220. The van der Waals surface area contributed by atoms with Gasteiger partial charge in [-0.1, -0.05) is 48.5 Å². The van der Waals surface area contributed by atoms with Gasteiger partial charge in [-0.15, -0.1) is 0 Å². The van der Waals surface area contributed by atoms with Gasteiger partial charge < -0.3 is 10.1 Å². The van der Waals surface area contributed by atoms with Crippen molar-refractivity contribution in [3.63, 3.8) is 0 Å². The van der Waals surface area contributed by atoms with Crippen molar-refractivity contribution < 1.29 is 22.7 Å². The minimum atomic E-state index is -3.59. The highest BCUT2D eigenvalue weighted by atomic mass is 32.2. The molecule has 0 aliphatic heterocycles. The first kappa shape index (κ1) is 21.7. The second kappa shape index (κ2) is 9.33. The molecule has 3 aromatic rings. The van der Waals surface area contributed by atoms with Crippen LogP contribution >= 0.6 is 0 Å².